The number of benzene rings is 2. The van der Waals surface area contributed by atoms with Crippen LogP contribution in [0.15, 0.2) is 44.9 Å². The lowest BCUT2D eigenvalue weighted by Crippen LogP contribution is -2.45. The first kappa shape index (κ1) is 21.6. The number of ether oxygens (including phenoxy) is 1. The van der Waals surface area contributed by atoms with Crippen LogP contribution >= 0.6 is 22.5 Å². The topological polar surface area (TPSA) is 59.4 Å². The van der Waals surface area contributed by atoms with Crippen molar-refractivity contribution in [2.75, 3.05) is 43.9 Å². The van der Waals surface area contributed by atoms with Crippen LogP contribution in [-0.4, -0.2) is 54.7 Å². The molecule has 6 nitrogen and oxygen atoms in total. The zero-order valence-electron chi connectivity index (χ0n) is 17.4. The maximum Gasteiger partial charge on any atom is 0.350 e. The van der Waals surface area contributed by atoms with Crippen LogP contribution in [0.1, 0.15) is 0 Å². The number of nitrogens with one attached hydrogen (secondary N) is 1. The number of rotatable bonds is 3. The standard InChI is InChI=1S/C22H23ClF2N4O2S/c1-31-15-11-29-20-16(21(27-22(29)30)28-6-4-26-5-7-28)8-13(23)9-19(20)32(12-15)18-3-2-14(24)10-17(18)25/h2-3,8-10,15,26,32H,4-7,11-12H2,1H3/t15-/m0/s1. The summed E-state index contributed by atoms with van der Waals surface area (Å²) in [6.07, 6.45) is -0.329. The lowest BCUT2D eigenvalue weighted by atomic mass is 10.2. The number of piperazine rings is 1. The van der Waals surface area contributed by atoms with Gasteiger partial charge in [-0.05, 0) is 24.3 Å². The van der Waals surface area contributed by atoms with Gasteiger partial charge in [0, 0.05) is 65.3 Å². The summed E-state index contributed by atoms with van der Waals surface area (Å²) < 4.78 is 35.8. The van der Waals surface area contributed by atoms with Gasteiger partial charge in [-0.3, -0.25) is 4.57 Å². The molecule has 3 heterocycles. The summed E-state index contributed by atoms with van der Waals surface area (Å²) in [7, 11) is 0.271. The summed E-state index contributed by atoms with van der Waals surface area (Å²) in [5.41, 5.74) is 0.338. The molecule has 2 aliphatic heterocycles. The molecule has 5 rings (SSSR count). The van der Waals surface area contributed by atoms with Crippen LogP contribution in [0.3, 0.4) is 0 Å². The molecule has 1 unspecified atom stereocenters. The van der Waals surface area contributed by atoms with Gasteiger partial charge >= 0.3 is 5.69 Å². The monoisotopic (exact) mass is 480 g/mol. The minimum absolute atomic E-state index is 0.303. The SMILES string of the molecule is CO[C@H]1Cn2c(=O)nc(N3CCNCC3)c3cc(Cl)cc(c32)[SH](c2ccc(F)cc2F)C1. The van der Waals surface area contributed by atoms with Crippen molar-refractivity contribution in [1.29, 1.82) is 0 Å². The highest BCUT2D eigenvalue weighted by molar-refractivity contribution is 8.17. The predicted molar refractivity (Wildman–Crippen MR) is 124 cm³/mol. The van der Waals surface area contributed by atoms with Crippen LogP contribution in [0.25, 0.3) is 10.9 Å². The number of halogens is 3. The fourth-order valence-electron chi connectivity index (χ4n) is 4.48. The van der Waals surface area contributed by atoms with E-state index in [0.717, 1.165) is 42.5 Å². The third kappa shape index (κ3) is 3.77. The van der Waals surface area contributed by atoms with Crippen molar-refractivity contribution < 1.29 is 13.5 Å². The molecule has 1 fully saturated rings. The number of aromatic nitrogens is 2. The van der Waals surface area contributed by atoms with Crippen molar-refractivity contribution in [1.82, 2.24) is 14.9 Å². The van der Waals surface area contributed by atoms with Gasteiger partial charge in [0.2, 0.25) is 0 Å². The molecule has 0 amide bonds. The van der Waals surface area contributed by atoms with Crippen molar-refractivity contribution in [3.8, 4) is 0 Å². The van der Waals surface area contributed by atoms with Gasteiger partial charge in [-0.2, -0.15) is 15.9 Å². The van der Waals surface area contributed by atoms with Gasteiger partial charge in [0.15, 0.2) is 0 Å². The van der Waals surface area contributed by atoms with Crippen molar-refractivity contribution >= 4 is 39.2 Å². The van der Waals surface area contributed by atoms with E-state index in [0.29, 0.717) is 33.6 Å². The summed E-state index contributed by atoms with van der Waals surface area (Å²) in [5.74, 6) is -0.158. The second-order valence-electron chi connectivity index (χ2n) is 7.95. The Morgan fingerprint density at radius 2 is 1.97 bits per heavy atom. The van der Waals surface area contributed by atoms with Crippen LogP contribution in [0.2, 0.25) is 5.02 Å². The van der Waals surface area contributed by atoms with E-state index in [1.165, 1.54) is 12.1 Å². The van der Waals surface area contributed by atoms with Crippen LogP contribution < -0.4 is 15.9 Å². The van der Waals surface area contributed by atoms with E-state index in [4.69, 9.17) is 16.3 Å². The molecule has 0 saturated carbocycles. The summed E-state index contributed by atoms with van der Waals surface area (Å²) in [4.78, 5) is 20.9. The normalized spacial score (nSPS) is 22.2. The van der Waals surface area contributed by atoms with E-state index in [-0.39, 0.29) is 11.8 Å². The Kier molecular flexibility index (Phi) is 5.83. The van der Waals surface area contributed by atoms with Crippen LogP contribution in [0.4, 0.5) is 14.6 Å². The highest BCUT2D eigenvalue weighted by Crippen LogP contribution is 2.52. The average Bonchev–Trinajstić information content (AvgIpc) is 2.94. The van der Waals surface area contributed by atoms with Gasteiger partial charge in [0.25, 0.3) is 0 Å². The molecular weight excluding hydrogens is 458 g/mol. The van der Waals surface area contributed by atoms with Crippen molar-refractivity contribution in [3.05, 3.63) is 57.5 Å². The van der Waals surface area contributed by atoms with Crippen LogP contribution in [0, 0.1) is 11.6 Å². The van der Waals surface area contributed by atoms with Gasteiger partial charge in [0.05, 0.1) is 18.2 Å². The lowest BCUT2D eigenvalue weighted by molar-refractivity contribution is 0.107. The molecule has 2 aromatic carbocycles. The minimum Gasteiger partial charge on any atom is -0.379 e. The fourth-order valence-corrected chi connectivity index (χ4v) is 7.47. The Morgan fingerprint density at radius 1 is 1.19 bits per heavy atom. The molecule has 3 aromatic rings. The van der Waals surface area contributed by atoms with Gasteiger partial charge in [-0.25, -0.2) is 13.6 Å². The maximum absolute atomic E-state index is 14.9. The number of anilines is 1. The molecule has 170 valence electrons. The summed E-state index contributed by atoms with van der Waals surface area (Å²) >= 11 is 6.55. The van der Waals surface area contributed by atoms with E-state index >= 15 is 0 Å². The van der Waals surface area contributed by atoms with Gasteiger partial charge in [-0.15, -0.1) is 0 Å². The molecular formula is C22H23ClF2N4O2S. The Balaban J connectivity index is 1.81. The largest absolute Gasteiger partial charge is 0.379 e. The van der Waals surface area contributed by atoms with E-state index in [9.17, 15) is 13.6 Å². The number of hydrogen-bond acceptors (Lipinski definition) is 5. The van der Waals surface area contributed by atoms with Gasteiger partial charge < -0.3 is 15.0 Å². The van der Waals surface area contributed by atoms with Crippen molar-refractivity contribution in [2.24, 2.45) is 0 Å². The van der Waals surface area contributed by atoms with Gasteiger partial charge in [-0.1, -0.05) is 11.6 Å². The second-order valence-corrected chi connectivity index (χ2v) is 10.6. The third-order valence-corrected chi connectivity index (χ3v) is 8.87. The third-order valence-electron chi connectivity index (χ3n) is 6.01. The second kappa shape index (κ2) is 8.62. The number of hydrogen-bond donors (Lipinski definition) is 2. The minimum atomic E-state index is -1.30. The van der Waals surface area contributed by atoms with E-state index < -0.39 is 22.5 Å². The summed E-state index contributed by atoms with van der Waals surface area (Å²) in [5, 5.41) is 4.55. The number of nitrogens with zero attached hydrogens (tertiary/aromatic N) is 3. The van der Waals surface area contributed by atoms with E-state index in [1.807, 2.05) is 6.07 Å². The van der Waals surface area contributed by atoms with E-state index in [2.05, 4.69) is 15.2 Å². The molecule has 2 atom stereocenters. The predicted octanol–water partition coefficient (Wildman–Crippen LogP) is 3.19. The molecule has 10 heteroatoms. The lowest BCUT2D eigenvalue weighted by Gasteiger charge is -2.30. The Hall–Kier alpha value is -2.20. The molecule has 1 saturated heterocycles. The molecule has 0 bridgehead atoms. The highest BCUT2D eigenvalue weighted by atomic mass is 35.5. The number of methoxy groups -OCH3 is 1. The molecule has 0 spiro atoms. The summed E-state index contributed by atoms with van der Waals surface area (Å²) in [6, 6.07) is 7.27. The molecule has 2 aliphatic rings. The summed E-state index contributed by atoms with van der Waals surface area (Å²) in [6.45, 7) is 3.32. The first-order valence-corrected chi connectivity index (χ1v) is 12.3. The van der Waals surface area contributed by atoms with Crippen molar-refractivity contribution in [2.45, 2.75) is 22.4 Å². The smallest absolute Gasteiger partial charge is 0.350 e. The highest BCUT2D eigenvalue weighted by Gasteiger charge is 2.30. The first-order chi connectivity index (χ1) is 15.5. The first-order valence-electron chi connectivity index (χ1n) is 10.4. The molecule has 1 aromatic heterocycles. The van der Waals surface area contributed by atoms with Crippen LogP contribution in [0.5, 0.6) is 0 Å². The average molecular weight is 481 g/mol. The van der Waals surface area contributed by atoms with E-state index in [1.54, 1.807) is 17.7 Å². The Morgan fingerprint density at radius 3 is 2.69 bits per heavy atom. The molecule has 1 N–H and O–H groups in total. The molecule has 0 aliphatic carbocycles. The Labute approximate surface area is 191 Å². The Bertz CT molecular complexity index is 1250. The maximum atomic E-state index is 14.9. The zero-order chi connectivity index (χ0) is 22.4. The van der Waals surface area contributed by atoms with Crippen LogP contribution in [-0.2, 0) is 11.3 Å². The van der Waals surface area contributed by atoms with Crippen molar-refractivity contribution in [3.63, 3.8) is 0 Å². The number of thiol groups is 1. The quantitative estimate of drug-likeness (QED) is 0.564. The fraction of sp³-hybridized carbons (Fsp3) is 0.364. The molecule has 0 radical (unpaired) electrons. The zero-order valence-corrected chi connectivity index (χ0v) is 19.1. The van der Waals surface area contributed by atoms with Gasteiger partial charge in [0.1, 0.15) is 17.5 Å². The molecule has 32 heavy (non-hydrogen) atoms.